The van der Waals surface area contributed by atoms with Gasteiger partial charge in [0.05, 0.1) is 12.8 Å². The van der Waals surface area contributed by atoms with Gasteiger partial charge in [0.1, 0.15) is 0 Å². The molecule has 0 radical (unpaired) electrons. The fraction of sp³-hybridized carbons (Fsp3) is 0.625. The number of carboxylic acids is 3. The van der Waals surface area contributed by atoms with Crippen molar-refractivity contribution in [1.82, 2.24) is 0 Å². The zero-order valence-corrected chi connectivity index (χ0v) is 8.58. The second-order valence-electron chi connectivity index (χ2n) is 2.79. The fourth-order valence-electron chi connectivity index (χ4n) is 0.714. The van der Waals surface area contributed by atoms with Crippen LogP contribution >= 0.6 is 0 Å². The van der Waals surface area contributed by atoms with Gasteiger partial charge in [-0.3, -0.25) is 9.59 Å². The van der Waals surface area contributed by atoms with E-state index in [0.717, 1.165) is 0 Å². The van der Waals surface area contributed by atoms with Crippen LogP contribution < -0.4 is 0 Å². The van der Waals surface area contributed by atoms with Gasteiger partial charge in [0.25, 0.3) is 0 Å². The average molecular weight is 262 g/mol. The molecule has 0 saturated heterocycles. The molecular formula is C8H15NaO8. The van der Waals surface area contributed by atoms with Crippen LogP contribution in [-0.2, 0) is 14.4 Å². The summed E-state index contributed by atoms with van der Waals surface area (Å²) in [6.45, 7) is 1.93. The van der Waals surface area contributed by atoms with E-state index in [1.807, 2.05) is 0 Å². The molecule has 8 nitrogen and oxygen atoms in total. The standard InChI is InChI=1S/C6H8O7.C2H6O.Na.H/c7-3(8)1-6(13,5(11)12)2-4(9)10;1-2-3;;/h13H,1-2H2,(H,7,8)(H,9,10)(H,11,12);3H,2H2,1H3;;. The van der Waals surface area contributed by atoms with Crippen LogP contribution in [0.2, 0.25) is 0 Å². The number of hydrogen-bond acceptors (Lipinski definition) is 5. The van der Waals surface area contributed by atoms with Crippen molar-refractivity contribution in [1.29, 1.82) is 0 Å². The first kappa shape index (κ1) is 21.6. The van der Waals surface area contributed by atoms with Crippen LogP contribution in [0.25, 0.3) is 0 Å². The Morgan fingerprint density at radius 1 is 1.00 bits per heavy atom. The average Bonchev–Trinajstić information content (AvgIpc) is 2.01. The molecule has 9 heteroatoms. The van der Waals surface area contributed by atoms with Gasteiger partial charge in [-0.15, -0.1) is 0 Å². The quantitative estimate of drug-likeness (QED) is 0.360. The van der Waals surface area contributed by atoms with Gasteiger partial charge in [0.15, 0.2) is 5.60 Å². The monoisotopic (exact) mass is 262 g/mol. The third kappa shape index (κ3) is 11.6. The summed E-state index contributed by atoms with van der Waals surface area (Å²) in [6.07, 6.45) is -2.29. The van der Waals surface area contributed by atoms with Crippen molar-refractivity contribution in [2.75, 3.05) is 6.61 Å². The summed E-state index contributed by atoms with van der Waals surface area (Å²) in [5, 5.41) is 41.4. The van der Waals surface area contributed by atoms with Gasteiger partial charge in [-0.05, 0) is 6.92 Å². The predicted molar refractivity (Wildman–Crippen MR) is 57.0 cm³/mol. The number of hydrogen-bond donors (Lipinski definition) is 5. The minimum atomic E-state index is -2.74. The van der Waals surface area contributed by atoms with E-state index >= 15 is 0 Å². The summed E-state index contributed by atoms with van der Waals surface area (Å²) < 4.78 is 0. The first-order valence-corrected chi connectivity index (χ1v) is 4.19. The molecule has 0 bridgehead atoms. The summed E-state index contributed by atoms with van der Waals surface area (Å²) in [5.41, 5.74) is -2.74. The van der Waals surface area contributed by atoms with Crippen molar-refractivity contribution in [2.24, 2.45) is 0 Å². The molecule has 0 heterocycles. The maximum atomic E-state index is 10.3. The Balaban J connectivity index is -0.000000440. The molecule has 0 fully saturated rings. The van der Waals surface area contributed by atoms with Crippen LogP contribution in [0.3, 0.4) is 0 Å². The molecule has 0 aromatic heterocycles. The first-order chi connectivity index (χ1) is 7.19. The van der Waals surface area contributed by atoms with Crippen molar-refractivity contribution >= 4 is 47.5 Å². The Labute approximate surface area is 119 Å². The summed E-state index contributed by atoms with van der Waals surface area (Å²) in [6, 6.07) is 0. The molecule has 0 amide bonds. The molecule has 0 atom stereocenters. The Hall–Kier alpha value is -0.670. The normalized spacial score (nSPS) is 9.35. The maximum absolute atomic E-state index is 10.3. The molecule has 0 aliphatic carbocycles. The minimum absolute atomic E-state index is 0. The number of aliphatic hydroxyl groups is 2. The first-order valence-electron chi connectivity index (χ1n) is 4.19. The number of aliphatic hydroxyl groups excluding tert-OH is 1. The van der Waals surface area contributed by atoms with Crippen LogP contribution in [0, 0.1) is 0 Å². The molecule has 0 aliphatic heterocycles. The van der Waals surface area contributed by atoms with E-state index < -0.39 is 36.4 Å². The van der Waals surface area contributed by atoms with E-state index in [-0.39, 0.29) is 36.2 Å². The number of carbonyl (C=O) groups is 3. The summed E-state index contributed by atoms with van der Waals surface area (Å²) in [4.78, 5) is 30.5. The second kappa shape index (κ2) is 10.5. The topological polar surface area (TPSA) is 152 Å². The van der Waals surface area contributed by atoms with Crippen molar-refractivity contribution in [3.8, 4) is 0 Å². The molecular weight excluding hydrogens is 247 g/mol. The number of aliphatic carboxylic acids is 3. The Bertz CT molecular complexity index is 248. The van der Waals surface area contributed by atoms with Gasteiger partial charge in [-0.1, -0.05) is 0 Å². The summed E-state index contributed by atoms with van der Waals surface area (Å²) >= 11 is 0. The molecule has 0 aliphatic rings. The van der Waals surface area contributed by atoms with E-state index in [1.54, 1.807) is 6.92 Å². The van der Waals surface area contributed by atoms with E-state index in [2.05, 4.69) is 0 Å². The molecule has 5 N–H and O–H groups in total. The molecule has 0 aromatic rings. The van der Waals surface area contributed by atoms with E-state index in [0.29, 0.717) is 0 Å². The molecule has 96 valence electrons. The van der Waals surface area contributed by atoms with E-state index in [9.17, 15) is 14.4 Å². The third-order valence-corrected chi connectivity index (χ3v) is 1.29. The SMILES string of the molecule is CCO.O=C(O)CC(O)(CC(=O)O)C(=O)O.[NaH]. The molecule has 17 heavy (non-hydrogen) atoms. The van der Waals surface area contributed by atoms with Gasteiger partial charge in [-0.2, -0.15) is 0 Å². The van der Waals surface area contributed by atoms with Crippen LogP contribution in [0.1, 0.15) is 19.8 Å². The van der Waals surface area contributed by atoms with Crippen molar-refractivity contribution in [2.45, 2.75) is 25.4 Å². The van der Waals surface area contributed by atoms with Crippen molar-refractivity contribution in [3.05, 3.63) is 0 Å². The molecule has 0 spiro atoms. The summed E-state index contributed by atoms with van der Waals surface area (Å²) in [5.74, 6) is -5.02. The van der Waals surface area contributed by atoms with Crippen LogP contribution in [0.4, 0.5) is 0 Å². The van der Waals surface area contributed by atoms with E-state index in [1.165, 1.54) is 0 Å². The van der Waals surface area contributed by atoms with Gasteiger partial charge >= 0.3 is 47.5 Å². The van der Waals surface area contributed by atoms with E-state index in [4.69, 9.17) is 25.5 Å². The molecule has 0 saturated carbocycles. The predicted octanol–water partition coefficient (Wildman–Crippen LogP) is -1.90. The number of rotatable bonds is 5. The third-order valence-electron chi connectivity index (χ3n) is 1.29. The Morgan fingerprint density at radius 2 is 1.24 bits per heavy atom. The van der Waals surface area contributed by atoms with Crippen molar-refractivity contribution < 1.29 is 39.9 Å². The second-order valence-corrected chi connectivity index (χ2v) is 2.79. The molecule has 0 rings (SSSR count). The molecule has 0 unspecified atom stereocenters. The van der Waals surface area contributed by atoms with Crippen LogP contribution in [-0.4, -0.2) is 85.2 Å². The zero-order chi connectivity index (χ0) is 13.4. The van der Waals surface area contributed by atoms with Gasteiger partial charge in [0.2, 0.25) is 0 Å². The summed E-state index contributed by atoms with van der Waals surface area (Å²) in [7, 11) is 0. The fourth-order valence-corrected chi connectivity index (χ4v) is 0.714. The van der Waals surface area contributed by atoms with Gasteiger partial charge in [0, 0.05) is 6.61 Å². The van der Waals surface area contributed by atoms with Gasteiger partial charge in [-0.25, -0.2) is 4.79 Å². The van der Waals surface area contributed by atoms with Crippen molar-refractivity contribution in [3.63, 3.8) is 0 Å². The Kier molecular flexibility index (Phi) is 13.3. The zero-order valence-electron chi connectivity index (χ0n) is 8.58. The molecule has 0 aromatic carbocycles. The van der Waals surface area contributed by atoms with Crippen LogP contribution in [0.5, 0.6) is 0 Å². The Morgan fingerprint density at radius 3 is 1.35 bits per heavy atom. The number of carboxylic acid groups (broad SMARTS) is 3. The van der Waals surface area contributed by atoms with Crippen LogP contribution in [0.15, 0.2) is 0 Å². The van der Waals surface area contributed by atoms with Gasteiger partial charge < -0.3 is 25.5 Å².